The second-order valence-corrected chi connectivity index (χ2v) is 16.8. The highest BCUT2D eigenvalue weighted by Crippen LogP contribution is 2.14. The van der Waals surface area contributed by atoms with Gasteiger partial charge in [0.15, 0.2) is 0 Å². The maximum absolute atomic E-state index is 12.2. The van der Waals surface area contributed by atoms with Crippen LogP contribution in [0.4, 0.5) is 0 Å². The van der Waals surface area contributed by atoms with Gasteiger partial charge < -0.3 is 61.1 Å². The van der Waals surface area contributed by atoms with E-state index >= 15 is 0 Å². The summed E-state index contributed by atoms with van der Waals surface area (Å²) < 4.78 is 21.4. The number of rotatable bonds is 50. The Hall–Kier alpha value is -3.91. The maximum atomic E-state index is 12.2. The van der Waals surface area contributed by atoms with Crippen molar-refractivity contribution >= 4 is 41.4 Å². The summed E-state index contributed by atoms with van der Waals surface area (Å²) in [6.45, 7) is 4.86. The molecule has 0 aromatic carbocycles. The third kappa shape index (κ3) is 48.4. The Kier molecular flexibility index (Phi) is 45.7. The molecule has 1 unspecified atom stereocenters. The van der Waals surface area contributed by atoms with Crippen LogP contribution in [0.1, 0.15) is 167 Å². The highest BCUT2D eigenvalue weighted by atomic mass is 16.5. The minimum absolute atomic E-state index is 0.0287. The number of amides is 6. The normalized spacial score (nSPS) is 11.4. The molecule has 0 radical (unpaired) electrons. The predicted octanol–water partition coefficient (Wildman–Crippen LogP) is 3.97. The molecule has 1 atom stereocenters. The monoisotopic (exact) mass is 959 g/mol. The third-order valence-electron chi connectivity index (χ3n) is 10.6. The first-order valence-corrected chi connectivity index (χ1v) is 25.3. The number of nitrogens with one attached hydrogen (secondary N) is 6. The number of carboxylic acid groups (broad SMARTS) is 1. The lowest BCUT2D eigenvalue weighted by Gasteiger charge is -2.16. The van der Waals surface area contributed by atoms with Crippen LogP contribution in [0.3, 0.4) is 0 Å². The smallest absolute Gasteiger partial charge is 0.303 e. The Morgan fingerprint density at radius 3 is 1.22 bits per heavy atom. The van der Waals surface area contributed by atoms with E-state index in [0.717, 1.165) is 57.8 Å². The van der Waals surface area contributed by atoms with Crippen molar-refractivity contribution in [1.29, 1.82) is 0 Å². The minimum Gasteiger partial charge on any atom is -0.481 e. The molecule has 0 spiro atoms. The molecule has 8 N–H and O–H groups in total. The summed E-state index contributed by atoms with van der Waals surface area (Å²) in [7, 11) is 0. The van der Waals surface area contributed by atoms with Crippen LogP contribution in [0.2, 0.25) is 0 Å². The lowest BCUT2D eigenvalue weighted by atomic mass is 10.0. The number of carbonyl (C=O) groups is 7. The Balaban J connectivity index is 3.54. The van der Waals surface area contributed by atoms with Gasteiger partial charge in [0.2, 0.25) is 35.4 Å². The van der Waals surface area contributed by atoms with Crippen molar-refractivity contribution < 1.29 is 62.7 Å². The topological polar surface area (TPSA) is 269 Å². The van der Waals surface area contributed by atoms with Crippen molar-refractivity contribution in [2.75, 3.05) is 92.2 Å². The number of unbranched alkanes of at least 4 members (excludes halogenated alkanes) is 15. The van der Waals surface area contributed by atoms with Gasteiger partial charge in [-0.2, -0.15) is 0 Å². The highest BCUT2D eigenvalue weighted by molar-refractivity contribution is 5.79. The van der Waals surface area contributed by atoms with Gasteiger partial charge in [0, 0.05) is 64.8 Å². The summed E-state index contributed by atoms with van der Waals surface area (Å²) in [5.41, 5.74) is 0. The van der Waals surface area contributed by atoms with Gasteiger partial charge in [0.1, 0.15) is 13.2 Å². The summed E-state index contributed by atoms with van der Waals surface area (Å²) in [6, 6.07) is -0.599. The Morgan fingerprint density at radius 2 is 0.761 bits per heavy atom. The number of hydrogen-bond donors (Lipinski definition) is 8. The van der Waals surface area contributed by atoms with E-state index in [1.165, 1.54) is 51.4 Å². The van der Waals surface area contributed by atoms with E-state index in [9.17, 15) is 38.7 Å². The Morgan fingerprint density at radius 1 is 0.388 bits per heavy atom. The predicted molar refractivity (Wildman–Crippen MR) is 256 cm³/mol. The molecule has 0 fully saturated rings. The zero-order valence-corrected chi connectivity index (χ0v) is 41.0. The van der Waals surface area contributed by atoms with E-state index in [1.807, 2.05) is 0 Å². The van der Waals surface area contributed by atoms with Gasteiger partial charge >= 0.3 is 5.97 Å². The fourth-order valence-corrected chi connectivity index (χ4v) is 6.72. The second kappa shape index (κ2) is 48.5. The van der Waals surface area contributed by atoms with Crippen LogP contribution in [0.25, 0.3) is 0 Å². The fraction of sp³-hybridized carbons (Fsp3) is 0.854. The zero-order chi connectivity index (χ0) is 49.3. The molecule has 0 aliphatic rings. The Labute approximate surface area is 400 Å². The number of aliphatic hydroxyl groups is 1. The van der Waals surface area contributed by atoms with Gasteiger partial charge in [-0.15, -0.1) is 0 Å². The first kappa shape index (κ1) is 63.1. The van der Waals surface area contributed by atoms with E-state index in [4.69, 9.17) is 24.1 Å². The SMILES string of the molecule is CCCCCNC(=O)CCCNC(=O)CCC(CO)NC(=O)COCCOCCNC(=O)COCCOCCNC(=O)CCCNC(=O)CCCCCCCCCCCCCCCCC(=O)O. The van der Waals surface area contributed by atoms with Gasteiger partial charge in [-0.3, -0.25) is 33.6 Å². The minimum atomic E-state index is -0.700. The van der Waals surface area contributed by atoms with Crippen molar-refractivity contribution in [2.45, 2.75) is 173 Å². The van der Waals surface area contributed by atoms with Crippen LogP contribution in [-0.2, 0) is 52.5 Å². The van der Waals surface area contributed by atoms with Crippen LogP contribution in [0.15, 0.2) is 0 Å². The van der Waals surface area contributed by atoms with Crippen molar-refractivity contribution in [1.82, 2.24) is 31.9 Å². The number of carboxylic acids is 1. The number of hydrogen-bond acceptors (Lipinski definition) is 12. The lowest BCUT2D eigenvalue weighted by Crippen LogP contribution is -2.40. The maximum Gasteiger partial charge on any atom is 0.303 e. The van der Waals surface area contributed by atoms with E-state index < -0.39 is 17.9 Å². The van der Waals surface area contributed by atoms with E-state index in [0.29, 0.717) is 64.9 Å². The number of carbonyl (C=O) groups excluding carboxylic acids is 6. The molecule has 0 aromatic rings. The van der Waals surface area contributed by atoms with Gasteiger partial charge in [0.25, 0.3) is 0 Å². The molecule has 0 aliphatic carbocycles. The number of aliphatic carboxylic acids is 1. The summed E-state index contributed by atoms with van der Waals surface area (Å²) in [5.74, 6) is -1.77. The van der Waals surface area contributed by atoms with E-state index in [2.05, 4.69) is 38.8 Å². The molecule has 0 aromatic heterocycles. The summed E-state index contributed by atoms with van der Waals surface area (Å²) in [4.78, 5) is 82.7. The summed E-state index contributed by atoms with van der Waals surface area (Å²) in [5, 5.41) is 34.8. The average Bonchev–Trinajstić information content (AvgIpc) is 3.30. The van der Waals surface area contributed by atoms with Gasteiger partial charge in [-0.1, -0.05) is 96.8 Å². The molecule has 67 heavy (non-hydrogen) atoms. The van der Waals surface area contributed by atoms with Gasteiger partial charge in [-0.05, 0) is 38.5 Å². The fourth-order valence-electron chi connectivity index (χ4n) is 6.72. The summed E-state index contributed by atoms with van der Waals surface area (Å²) in [6.07, 6.45) is 22.0. The molecular formula is C48H90N6O13. The van der Waals surface area contributed by atoms with Gasteiger partial charge in [-0.25, -0.2) is 0 Å². The Bertz CT molecular complexity index is 1280. The molecule has 0 aliphatic heterocycles. The third-order valence-corrected chi connectivity index (χ3v) is 10.6. The average molecular weight is 959 g/mol. The van der Waals surface area contributed by atoms with Crippen molar-refractivity contribution in [3.05, 3.63) is 0 Å². The zero-order valence-electron chi connectivity index (χ0n) is 41.0. The quantitative estimate of drug-likeness (QED) is 0.0402. The molecule has 0 saturated carbocycles. The van der Waals surface area contributed by atoms with Crippen molar-refractivity contribution in [3.8, 4) is 0 Å². The van der Waals surface area contributed by atoms with Crippen LogP contribution < -0.4 is 31.9 Å². The molecule has 6 amide bonds. The molecule has 19 heteroatoms. The van der Waals surface area contributed by atoms with Crippen molar-refractivity contribution in [3.63, 3.8) is 0 Å². The first-order valence-electron chi connectivity index (χ1n) is 25.3. The summed E-state index contributed by atoms with van der Waals surface area (Å²) >= 11 is 0. The van der Waals surface area contributed by atoms with Crippen molar-refractivity contribution in [2.24, 2.45) is 0 Å². The first-order chi connectivity index (χ1) is 32.6. The molecule has 0 rings (SSSR count). The number of aliphatic hydroxyl groups excluding tert-OH is 1. The van der Waals surface area contributed by atoms with E-state index in [-0.39, 0.29) is 108 Å². The van der Waals surface area contributed by atoms with Crippen LogP contribution in [0, 0.1) is 0 Å². The standard InChI is InChI=1S/C48H90N6O13/c1-2-3-18-27-49-43(57)22-19-29-51-45(59)26-25-41(38-55)54-47(61)40-67-37-35-65-33-31-53-46(60)39-66-36-34-64-32-30-52-44(58)23-20-28-50-42(56)21-16-14-12-10-8-6-4-5-7-9-11-13-15-17-24-48(62)63/h41,55H,2-40H2,1H3,(H,49,57)(H,50,56)(H,51,59)(H,52,58)(H,53,60)(H,54,61)(H,62,63). The molecule has 0 saturated heterocycles. The molecule has 0 heterocycles. The molecule has 19 nitrogen and oxygen atoms in total. The largest absolute Gasteiger partial charge is 0.481 e. The van der Waals surface area contributed by atoms with E-state index in [1.54, 1.807) is 0 Å². The van der Waals surface area contributed by atoms with Crippen LogP contribution >= 0.6 is 0 Å². The molecule has 390 valence electrons. The molecular weight excluding hydrogens is 869 g/mol. The van der Waals surface area contributed by atoms with Gasteiger partial charge in [0.05, 0.1) is 52.3 Å². The molecule has 0 bridgehead atoms. The second-order valence-electron chi connectivity index (χ2n) is 16.8. The number of ether oxygens (including phenoxy) is 4. The van der Waals surface area contributed by atoms with Crippen LogP contribution in [-0.4, -0.2) is 150 Å². The van der Waals surface area contributed by atoms with Crippen LogP contribution in [0.5, 0.6) is 0 Å². The lowest BCUT2D eigenvalue weighted by molar-refractivity contribution is -0.137. The highest BCUT2D eigenvalue weighted by Gasteiger charge is 2.14.